The fourth-order valence-corrected chi connectivity index (χ4v) is 4.27. The van der Waals surface area contributed by atoms with E-state index in [2.05, 4.69) is 20.6 Å². The lowest BCUT2D eigenvalue weighted by atomic mass is 9.85. The molecule has 2 amide bonds. The van der Waals surface area contributed by atoms with E-state index in [-0.39, 0.29) is 35.5 Å². The number of nitrogens with one attached hydrogen (secondary N) is 2. The van der Waals surface area contributed by atoms with E-state index in [4.69, 9.17) is 21.1 Å². The molecule has 2 atom stereocenters. The van der Waals surface area contributed by atoms with Gasteiger partial charge in [0.25, 0.3) is 0 Å². The molecule has 1 aliphatic carbocycles. The maximum absolute atomic E-state index is 12.8. The van der Waals surface area contributed by atoms with E-state index in [1.807, 2.05) is 32.9 Å². The van der Waals surface area contributed by atoms with Crippen LogP contribution in [0.2, 0.25) is 5.15 Å². The van der Waals surface area contributed by atoms with E-state index in [9.17, 15) is 14.4 Å². The van der Waals surface area contributed by atoms with Gasteiger partial charge >= 0.3 is 12.1 Å². The molecule has 1 aromatic heterocycles. The first-order valence-electron chi connectivity index (χ1n) is 13.2. The summed E-state index contributed by atoms with van der Waals surface area (Å²) in [6, 6.07) is -0.0960. The molecule has 1 aromatic rings. The standard InChI is InChI=1S/C27H41ClN4O5/c1-5-36-23(33)15-10-8-6-7-9-13-21-17-29-24(28)22(31-21)18-30-25(34)19-12-11-14-20(16-19)32-26(35)37-27(2,3)4/h9,13,17,19-20H,5-8,10-12,14-16,18H2,1-4H3,(H,30,34)(H,32,35)/b13-9+/t19-,20-/m1/s1. The Morgan fingerprint density at radius 1 is 1.19 bits per heavy atom. The van der Waals surface area contributed by atoms with Gasteiger partial charge in [0.05, 0.1) is 30.7 Å². The Hall–Kier alpha value is -2.68. The van der Waals surface area contributed by atoms with Gasteiger partial charge in [-0.25, -0.2) is 14.8 Å². The van der Waals surface area contributed by atoms with Crippen LogP contribution in [0.4, 0.5) is 4.79 Å². The Labute approximate surface area is 225 Å². The van der Waals surface area contributed by atoms with Gasteiger partial charge in [-0.1, -0.05) is 30.5 Å². The van der Waals surface area contributed by atoms with Crippen LogP contribution in [0.5, 0.6) is 0 Å². The van der Waals surface area contributed by atoms with Gasteiger partial charge < -0.3 is 20.1 Å². The zero-order valence-corrected chi connectivity index (χ0v) is 23.2. The molecule has 1 heterocycles. The zero-order chi connectivity index (χ0) is 27.3. The smallest absolute Gasteiger partial charge is 0.407 e. The number of esters is 1. The molecule has 0 radical (unpaired) electrons. The number of aromatic nitrogens is 2. The minimum Gasteiger partial charge on any atom is -0.466 e. The van der Waals surface area contributed by atoms with Crippen LogP contribution in [0.25, 0.3) is 6.08 Å². The van der Waals surface area contributed by atoms with Crippen molar-refractivity contribution >= 4 is 35.6 Å². The van der Waals surface area contributed by atoms with Crippen molar-refractivity contribution < 1.29 is 23.9 Å². The number of amides is 2. The third-order valence-electron chi connectivity index (χ3n) is 5.85. The molecule has 0 unspecified atom stereocenters. The number of hydrogen-bond donors (Lipinski definition) is 2. The summed E-state index contributed by atoms with van der Waals surface area (Å²) < 4.78 is 10.3. The highest BCUT2D eigenvalue weighted by Gasteiger charge is 2.29. The summed E-state index contributed by atoms with van der Waals surface area (Å²) in [4.78, 5) is 45.0. The fraction of sp³-hybridized carbons (Fsp3) is 0.667. The van der Waals surface area contributed by atoms with Crippen molar-refractivity contribution in [3.8, 4) is 0 Å². The minimum atomic E-state index is -0.565. The summed E-state index contributed by atoms with van der Waals surface area (Å²) in [5.74, 6) is -0.431. The summed E-state index contributed by atoms with van der Waals surface area (Å²) >= 11 is 6.22. The number of rotatable bonds is 12. The molecule has 1 fully saturated rings. The molecule has 0 bridgehead atoms. The average molecular weight is 537 g/mol. The van der Waals surface area contributed by atoms with Crippen molar-refractivity contribution in [3.63, 3.8) is 0 Å². The van der Waals surface area contributed by atoms with Crippen LogP contribution in [0.3, 0.4) is 0 Å². The Morgan fingerprint density at radius 3 is 2.70 bits per heavy atom. The van der Waals surface area contributed by atoms with E-state index >= 15 is 0 Å². The van der Waals surface area contributed by atoms with Gasteiger partial charge in [-0.05, 0) is 72.3 Å². The van der Waals surface area contributed by atoms with Crippen molar-refractivity contribution in [2.75, 3.05) is 6.61 Å². The average Bonchev–Trinajstić information content (AvgIpc) is 2.82. The van der Waals surface area contributed by atoms with Gasteiger partial charge in [-0.2, -0.15) is 0 Å². The van der Waals surface area contributed by atoms with Crippen LogP contribution in [0.15, 0.2) is 12.3 Å². The number of hydrogen-bond acceptors (Lipinski definition) is 7. The SMILES string of the molecule is CCOC(=O)CCCCC/C=C/c1cnc(Cl)c(CNC(=O)[C@@H]2CCC[C@@H](NC(=O)OC(C)(C)C)C2)n1. The molecule has 0 aromatic carbocycles. The lowest BCUT2D eigenvalue weighted by molar-refractivity contribution is -0.143. The van der Waals surface area contributed by atoms with Crippen LogP contribution in [0, 0.1) is 5.92 Å². The Kier molecular flexibility index (Phi) is 12.8. The molecule has 0 spiro atoms. The van der Waals surface area contributed by atoms with Crippen molar-refractivity contribution in [1.29, 1.82) is 0 Å². The molecule has 1 aliphatic rings. The molecule has 37 heavy (non-hydrogen) atoms. The minimum absolute atomic E-state index is 0.0858. The second kappa shape index (κ2) is 15.5. The normalized spacial score (nSPS) is 17.9. The first kappa shape index (κ1) is 30.5. The molecule has 0 saturated heterocycles. The number of ether oxygens (including phenoxy) is 2. The molecule has 0 aliphatic heterocycles. The van der Waals surface area contributed by atoms with Gasteiger partial charge in [-0.15, -0.1) is 0 Å². The van der Waals surface area contributed by atoms with Crippen molar-refractivity contribution in [2.24, 2.45) is 5.92 Å². The number of halogens is 1. The number of carbonyl (C=O) groups excluding carboxylic acids is 3. The fourth-order valence-electron chi connectivity index (χ4n) is 4.11. The lowest BCUT2D eigenvalue weighted by Gasteiger charge is -2.30. The summed E-state index contributed by atoms with van der Waals surface area (Å²) in [5, 5.41) is 6.06. The quantitative estimate of drug-likeness (QED) is 0.272. The predicted octanol–water partition coefficient (Wildman–Crippen LogP) is 5.36. The van der Waals surface area contributed by atoms with Gasteiger partial charge in [-0.3, -0.25) is 9.59 Å². The number of nitrogens with zero attached hydrogens (tertiary/aromatic N) is 2. The summed E-state index contributed by atoms with van der Waals surface area (Å²) in [6.07, 6.45) is 12.1. The van der Waals surface area contributed by atoms with E-state index < -0.39 is 11.7 Å². The molecule has 1 saturated carbocycles. The van der Waals surface area contributed by atoms with E-state index in [0.717, 1.165) is 44.9 Å². The second-order valence-corrected chi connectivity index (χ2v) is 10.6. The topological polar surface area (TPSA) is 120 Å². The van der Waals surface area contributed by atoms with E-state index in [1.54, 1.807) is 13.1 Å². The molecule has 206 valence electrons. The van der Waals surface area contributed by atoms with Crippen LogP contribution in [-0.4, -0.2) is 46.2 Å². The summed E-state index contributed by atoms with van der Waals surface area (Å²) in [6.45, 7) is 7.86. The highest BCUT2D eigenvalue weighted by Crippen LogP contribution is 2.25. The third-order valence-corrected chi connectivity index (χ3v) is 6.17. The highest BCUT2D eigenvalue weighted by molar-refractivity contribution is 6.30. The first-order valence-corrected chi connectivity index (χ1v) is 13.6. The van der Waals surface area contributed by atoms with Crippen molar-refractivity contribution in [1.82, 2.24) is 20.6 Å². The molecule has 10 heteroatoms. The third kappa shape index (κ3) is 12.4. The van der Waals surface area contributed by atoms with Crippen molar-refractivity contribution in [3.05, 3.63) is 28.8 Å². The molecule has 2 rings (SSSR count). The molecular weight excluding hydrogens is 496 g/mol. The molecule has 9 nitrogen and oxygen atoms in total. The molecular formula is C27H41ClN4O5. The van der Waals surface area contributed by atoms with Crippen LogP contribution < -0.4 is 10.6 Å². The summed E-state index contributed by atoms with van der Waals surface area (Å²) in [5.41, 5.74) is 0.607. The second-order valence-electron chi connectivity index (χ2n) is 10.3. The number of alkyl carbamates (subject to hydrolysis) is 1. The number of carbonyl (C=O) groups is 3. The highest BCUT2D eigenvalue weighted by atomic mass is 35.5. The number of unbranched alkanes of at least 4 members (excludes halogenated alkanes) is 3. The maximum atomic E-state index is 12.8. The van der Waals surface area contributed by atoms with E-state index in [1.165, 1.54) is 0 Å². The van der Waals surface area contributed by atoms with Crippen LogP contribution in [-0.2, 0) is 25.6 Å². The van der Waals surface area contributed by atoms with Crippen molar-refractivity contribution in [2.45, 2.75) is 104 Å². The Bertz CT molecular complexity index is 932. The predicted molar refractivity (Wildman–Crippen MR) is 143 cm³/mol. The lowest BCUT2D eigenvalue weighted by Crippen LogP contribution is -2.44. The molecule has 2 N–H and O–H groups in total. The maximum Gasteiger partial charge on any atom is 0.407 e. The summed E-state index contributed by atoms with van der Waals surface area (Å²) in [7, 11) is 0. The van der Waals surface area contributed by atoms with Gasteiger partial charge in [0.2, 0.25) is 5.91 Å². The van der Waals surface area contributed by atoms with Crippen LogP contribution in [0.1, 0.15) is 96.9 Å². The van der Waals surface area contributed by atoms with Gasteiger partial charge in [0.1, 0.15) is 5.60 Å². The zero-order valence-electron chi connectivity index (χ0n) is 22.5. The van der Waals surface area contributed by atoms with Gasteiger partial charge in [0.15, 0.2) is 5.15 Å². The Morgan fingerprint density at radius 2 is 1.97 bits per heavy atom. The van der Waals surface area contributed by atoms with Crippen LogP contribution >= 0.6 is 11.6 Å². The largest absolute Gasteiger partial charge is 0.466 e. The Balaban J connectivity index is 1.77. The van der Waals surface area contributed by atoms with E-state index in [0.29, 0.717) is 30.8 Å². The van der Waals surface area contributed by atoms with Gasteiger partial charge in [0, 0.05) is 18.4 Å². The number of allylic oxidation sites excluding steroid dienone is 1. The first-order chi connectivity index (χ1) is 17.6. The monoisotopic (exact) mass is 536 g/mol.